The van der Waals surface area contributed by atoms with Crippen molar-refractivity contribution in [1.82, 2.24) is 20.1 Å². The molecule has 2 unspecified atom stereocenters. The highest BCUT2D eigenvalue weighted by Gasteiger charge is 2.21. The zero-order valence-corrected chi connectivity index (χ0v) is 12.3. The standard InChI is InChI=1S/C15H26N4/c1-13-6-8-19(10-14-5-4-7-16-9-14)12-15(17-13)11-18(2)3/h4-5,7,9,13,15,17H,6,8,10-12H2,1-3H3. The fourth-order valence-corrected chi connectivity index (χ4v) is 2.76. The van der Waals surface area contributed by atoms with Gasteiger partial charge in [-0.1, -0.05) is 6.07 Å². The summed E-state index contributed by atoms with van der Waals surface area (Å²) in [6.07, 6.45) is 5.03. The Morgan fingerprint density at radius 3 is 3.00 bits per heavy atom. The molecule has 1 aromatic heterocycles. The molecule has 2 heterocycles. The van der Waals surface area contributed by atoms with Crippen LogP contribution in [0.15, 0.2) is 24.5 Å². The summed E-state index contributed by atoms with van der Waals surface area (Å²) in [7, 11) is 4.28. The van der Waals surface area contributed by atoms with Crippen molar-refractivity contribution in [3.05, 3.63) is 30.1 Å². The van der Waals surface area contributed by atoms with E-state index in [2.05, 4.69) is 47.2 Å². The Bertz CT molecular complexity index is 366. The van der Waals surface area contributed by atoms with E-state index in [-0.39, 0.29) is 0 Å². The molecule has 19 heavy (non-hydrogen) atoms. The highest BCUT2D eigenvalue weighted by atomic mass is 15.2. The molecule has 1 fully saturated rings. The fourth-order valence-electron chi connectivity index (χ4n) is 2.76. The van der Waals surface area contributed by atoms with E-state index in [0.717, 1.165) is 26.2 Å². The summed E-state index contributed by atoms with van der Waals surface area (Å²) < 4.78 is 0. The Morgan fingerprint density at radius 1 is 1.47 bits per heavy atom. The van der Waals surface area contributed by atoms with Gasteiger partial charge in [0.05, 0.1) is 0 Å². The second kappa shape index (κ2) is 6.98. The number of nitrogens with one attached hydrogen (secondary N) is 1. The molecule has 4 heteroatoms. The molecule has 0 radical (unpaired) electrons. The molecular formula is C15H26N4. The van der Waals surface area contributed by atoms with Gasteiger partial charge in [-0.3, -0.25) is 9.88 Å². The van der Waals surface area contributed by atoms with Crippen molar-refractivity contribution in [3.8, 4) is 0 Å². The van der Waals surface area contributed by atoms with Gasteiger partial charge in [0.15, 0.2) is 0 Å². The van der Waals surface area contributed by atoms with Crippen LogP contribution in [0, 0.1) is 0 Å². The molecule has 1 N–H and O–H groups in total. The summed E-state index contributed by atoms with van der Waals surface area (Å²) in [5.74, 6) is 0. The minimum absolute atomic E-state index is 0.546. The zero-order chi connectivity index (χ0) is 13.7. The van der Waals surface area contributed by atoms with Gasteiger partial charge in [-0.25, -0.2) is 0 Å². The van der Waals surface area contributed by atoms with E-state index in [9.17, 15) is 0 Å². The molecule has 0 bridgehead atoms. The SMILES string of the molecule is CC1CCN(Cc2cccnc2)CC(CN(C)C)N1. The molecular weight excluding hydrogens is 236 g/mol. The van der Waals surface area contributed by atoms with Crippen LogP contribution < -0.4 is 5.32 Å². The number of likely N-dealkylation sites (N-methyl/N-ethyl adjacent to an activating group) is 1. The number of aromatic nitrogens is 1. The lowest BCUT2D eigenvalue weighted by atomic mass is 10.2. The first-order valence-electron chi connectivity index (χ1n) is 7.15. The number of hydrogen-bond donors (Lipinski definition) is 1. The minimum Gasteiger partial charge on any atom is -0.309 e. The van der Waals surface area contributed by atoms with Crippen LogP contribution in [0.5, 0.6) is 0 Å². The topological polar surface area (TPSA) is 31.4 Å². The second-order valence-electron chi connectivity index (χ2n) is 5.91. The third-order valence-corrected chi connectivity index (χ3v) is 3.59. The third-order valence-electron chi connectivity index (χ3n) is 3.59. The lowest BCUT2D eigenvalue weighted by Crippen LogP contribution is -2.46. The molecule has 1 aliphatic heterocycles. The van der Waals surface area contributed by atoms with E-state index < -0.39 is 0 Å². The molecule has 1 saturated heterocycles. The van der Waals surface area contributed by atoms with Crippen molar-refractivity contribution in [1.29, 1.82) is 0 Å². The van der Waals surface area contributed by atoms with E-state index in [4.69, 9.17) is 0 Å². The summed E-state index contributed by atoms with van der Waals surface area (Å²) in [5, 5.41) is 3.73. The van der Waals surface area contributed by atoms with E-state index in [1.165, 1.54) is 12.0 Å². The molecule has 4 nitrogen and oxygen atoms in total. The summed E-state index contributed by atoms with van der Waals surface area (Å²) >= 11 is 0. The predicted molar refractivity (Wildman–Crippen MR) is 79.1 cm³/mol. The van der Waals surface area contributed by atoms with Gasteiger partial charge in [-0.2, -0.15) is 0 Å². The lowest BCUT2D eigenvalue weighted by molar-refractivity contribution is 0.236. The van der Waals surface area contributed by atoms with Crippen LogP contribution >= 0.6 is 0 Å². The van der Waals surface area contributed by atoms with Gasteiger partial charge < -0.3 is 10.2 Å². The molecule has 0 aliphatic carbocycles. The van der Waals surface area contributed by atoms with Crippen molar-refractivity contribution in [2.45, 2.75) is 32.0 Å². The Kier molecular flexibility index (Phi) is 5.31. The van der Waals surface area contributed by atoms with Gasteiger partial charge in [-0.05, 0) is 39.1 Å². The maximum Gasteiger partial charge on any atom is 0.0324 e. The summed E-state index contributed by atoms with van der Waals surface area (Å²) in [6, 6.07) is 5.33. The summed E-state index contributed by atoms with van der Waals surface area (Å²) in [4.78, 5) is 9.01. The van der Waals surface area contributed by atoms with Crippen LogP contribution in [0.3, 0.4) is 0 Å². The van der Waals surface area contributed by atoms with Gasteiger partial charge in [0.25, 0.3) is 0 Å². The van der Waals surface area contributed by atoms with E-state index >= 15 is 0 Å². The average molecular weight is 262 g/mol. The fraction of sp³-hybridized carbons (Fsp3) is 0.667. The first-order chi connectivity index (χ1) is 9.13. The first kappa shape index (κ1) is 14.4. The van der Waals surface area contributed by atoms with E-state index in [1.54, 1.807) is 0 Å². The Morgan fingerprint density at radius 2 is 2.32 bits per heavy atom. The van der Waals surface area contributed by atoms with Crippen LogP contribution in [-0.2, 0) is 6.54 Å². The van der Waals surface area contributed by atoms with Crippen molar-refractivity contribution < 1.29 is 0 Å². The highest BCUT2D eigenvalue weighted by Crippen LogP contribution is 2.10. The molecule has 106 valence electrons. The molecule has 1 aromatic rings. The largest absolute Gasteiger partial charge is 0.309 e. The number of nitrogens with zero attached hydrogens (tertiary/aromatic N) is 3. The van der Waals surface area contributed by atoms with Crippen molar-refractivity contribution in [3.63, 3.8) is 0 Å². The van der Waals surface area contributed by atoms with Crippen molar-refractivity contribution >= 4 is 0 Å². The minimum atomic E-state index is 0.546. The smallest absolute Gasteiger partial charge is 0.0324 e. The molecule has 1 aliphatic rings. The van der Waals surface area contributed by atoms with Crippen LogP contribution in [0.4, 0.5) is 0 Å². The number of hydrogen-bond acceptors (Lipinski definition) is 4. The molecule has 2 atom stereocenters. The van der Waals surface area contributed by atoms with Crippen LogP contribution in [-0.4, -0.2) is 60.6 Å². The van der Waals surface area contributed by atoms with Crippen LogP contribution in [0.2, 0.25) is 0 Å². The van der Waals surface area contributed by atoms with Gasteiger partial charge in [-0.15, -0.1) is 0 Å². The average Bonchev–Trinajstić information content (AvgIpc) is 2.52. The first-order valence-corrected chi connectivity index (χ1v) is 7.15. The molecule has 0 spiro atoms. The quantitative estimate of drug-likeness (QED) is 0.883. The number of pyridine rings is 1. The Labute approximate surface area is 116 Å². The molecule has 0 saturated carbocycles. The Hall–Kier alpha value is -0.970. The second-order valence-corrected chi connectivity index (χ2v) is 5.91. The summed E-state index contributed by atoms with van der Waals surface area (Å²) in [6.45, 7) is 6.65. The van der Waals surface area contributed by atoms with Crippen LogP contribution in [0.1, 0.15) is 18.9 Å². The van der Waals surface area contributed by atoms with Gasteiger partial charge >= 0.3 is 0 Å². The molecule has 2 rings (SSSR count). The normalized spacial score (nSPS) is 25.5. The molecule has 0 amide bonds. The van der Waals surface area contributed by atoms with Gasteiger partial charge in [0.2, 0.25) is 0 Å². The monoisotopic (exact) mass is 262 g/mol. The zero-order valence-electron chi connectivity index (χ0n) is 12.3. The number of rotatable bonds is 4. The van der Waals surface area contributed by atoms with Gasteiger partial charge in [0.1, 0.15) is 0 Å². The van der Waals surface area contributed by atoms with Crippen LogP contribution in [0.25, 0.3) is 0 Å². The maximum absolute atomic E-state index is 4.21. The van der Waals surface area contributed by atoms with Gasteiger partial charge in [0, 0.05) is 50.7 Å². The van der Waals surface area contributed by atoms with Crippen molar-refractivity contribution in [2.75, 3.05) is 33.7 Å². The van der Waals surface area contributed by atoms with E-state index in [1.807, 2.05) is 18.5 Å². The summed E-state index contributed by atoms with van der Waals surface area (Å²) in [5.41, 5.74) is 1.31. The third kappa shape index (κ3) is 4.90. The highest BCUT2D eigenvalue weighted by molar-refractivity contribution is 5.08. The Balaban J connectivity index is 1.96. The predicted octanol–water partition coefficient (Wildman–Crippen LogP) is 1.20. The van der Waals surface area contributed by atoms with Crippen molar-refractivity contribution in [2.24, 2.45) is 0 Å². The maximum atomic E-state index is 4.21. The molecule has 0 aromatic carbocycles. The lowest BCUT2D eigenvalue weighted by Gasteiger charge is -2.26. The van der Waals surface area contributed by atoms with E-state index in [0.29, 0.717) is 12.1 Å².